The van der Waals surface area contributed by atoms with E-state index in [9.17, 15) is 4.79 Å². The Balaban J connectivity index is 1.56. The Kier molecular flexibility index (Phi) is 5.67. The summed E-state index contributed by atoms with van der Waals surface area (Å²) in [4.78, 5) is 14.7. The lowest BCUT2D eigenvalue weighted by molar-refractivity contribution is 0.0360. The summed E-state index contributed by atoms with van der Waals surface area (Å²) in [6.45, 7) is 7.15. The van der Waals surface area contributed by atoms with Gasteiger partial charge in [-0.15, -0.1) is 0 Å². The van der Waals surface area contributed by atoms with Crippen LogP contribution in [0.15, 0.2) is 30.5 Å². The van der Waals surface area contributed by atoms with Crippen LogP contribution in [-0.2, 0) is 11.3 Å². The van der Waals surface area contributed by atoms with E-state index in [4.69, 9.17) is 9.47 Å². The molecule has 0 aliphatic carbocycles. The standard InChI is InChI=1S/C18H24N4O3/c1-14-3-4-15(13-16(14)24-2)18(23)19-17-5-6-22(20-17)8-7-21-9-11-25-12-10-21/h3-6,13H,7-12H2,1-2H3,(H,19,20,23). The van der Waals surface area contributed by atoms with Crippen LogP contribution in [0.1, 0.15) is 15.9 Å². The van der Waals surface area contributed by atoms with Crippen molar-refractivity contribution in [2.24, 2.45) is 0 Å². The van der Waals surface area contributed by atoms with Gasteiger partial charge in [-0.05, 0) is 24.6 Å². The molecule has 0 spiro atoms. The number of morpholine rings is 1. The second-order valence-electron chi connectivity index (χ2n) is 6.06. The Morgan fingerprint density at radius 3 is 2.84 bits per heavy atom. The highest BCUT2D eigenvalue weighted by molar-refractivity contribution is 6.04. The molecule has 1 aliphatic rings. The summed E-state index contributed by atoms with van der Waals surface area (Å²) in [6.07, 6.45) is 1.88. The Hall–Kier alpha value is -2.38. The molecule has 25 heavy (non-hydrogen) atoms. The molecule has 0 saturated carbocycles. The van der Waals surface area contributed by atoms with E-state index >= 15 is 0 Å². The largest absolute Gasteiger partial charge is 0.496 e. The van der Waals surface area contributed by atoms with E-state index in [2.05, 4.69) is 15.3 Å². The topological polar surface area (TPSA) is 68.6 Å². The molecule has 134 valence electrons. The molecule has 0 bridgehead atoms. The number of carbonyl (C=O) groups excluding carboxylic acids is 1. The summed E-state index contributed by atoms with van der Waals surface area (Å²) >= 11 is 0. The molecule has 7 heteroatoms. The lowest BCUT2D eigenvalue weighted by atomic mass is 10.1. The van der Waals surface area contributed by atoms with Crippen LogP contribution in [0.3, 0.4) is 0 Å². The van der Waals surface area contributed by atoms with Crippen LogP contribution in [0, 0.1) is 6.92 Å². The van der Waals surface area contributed by atoms with Crippen molar-refractivity contribution < 1.29 is 14.3 Å². The first-order chi connectivity index (χ1) is 12.2. The Morgan fingerprint density at radius 2 is 2.08 bits per heavy atom. The zero-order valence-electron chi connectivity index (χ0n) is 14.7. The molecule has 1 fully saturated rings. The number of amides is 1. The minimum Gasteiger partial charge on any atom is -0.496 e. The van der Waals surface area contributed by atoms with E-state index in [0.717, 1.165) is 45.0 Å². The van der Waals surface area contributed by atoms with Gasteiger partial charge in [0.1, 0.15) is 5.75 Å². The van der Waals surface area contributed by atoms with Crippen molar-refractivity contribution >= 4 is 11.7 Å². The molecule has 0 atom stereocenters. The maximum Gasteiger partial charge on any atom is 0.256 e. The highest BCUT2D eigenvalue weighted by Gasteiger charge is 2.12. The fourth-order valence-corrected chi connectivity index (χ4v) is 2.77. The number of nitrogens with zero attached hydrogens (tertiary/aromatic N) is 3. The van der Waals surface area contributed by atoms with Crippen molar-refractivity contribution in [3.63, 3.8) is 0 Å². The molecule has 1 amide bonds. The summed E-state index contributed by atoms with van der Waals surface area (Å²) in [6, 6.07) is 7.19. The van der Waals surface area contributed by atoms with Crippen LogP contribution in [-0.4, -0.2) is 60.5 Å². The highest BCUT2D eigenvalue weighted by atomic mass is 16.5. The van der Waals surface area contributed by atoms with Crippen LogP contribution in [0.5, 0.6) is 5.75 Å². The summed E-state index contributed by atoms with van der Waals surface area (Å²) in [5.74, 6) is 1.05. The van der Waals surface area contributed by atoms with Gasteiger partial charge in [-0.25, -0.2) is 0 Å². The van der Waals surface area contributed by atoms with Gasteiger partial charge in [0.15, 0.2) is 5.82 Å². The molecule has 1 aromatic heterocycles. The summed E-state index contributed by atoms with van der Waals surface area (Å²) in [7, 11) is 1.60. The first kappa shape index (κ1) is 17.4. The number of hydrogen-bond acceptors (Lipinski definition) is 5. The maximum atomic E-state index is 12.4. The van der Waals surface area contributed by atoms with Gasteiger partial charge in [0, 0.05) is 37.5 Å². The van der Waals surface area contributed by atoms with Crippen molar-refractivity contribution in [3.8, 4) is 5.75 Å². The molecule has 1 aromatic carbocycles. The molecule has 2 aromatic rings. The number of aryl methyl sites for hydroxylation is 1. The second kappa shape index (κ2) is 8.13. The zero-order valence-corrected chi connectivity index (χ0v) is 14.7. The monoisotopic (exact) mass is 344 g/mol. The first-order valence-corrected chi connectivity index (χ1v) is 8.45. The summed E-state index contributed by atoms with van der Waals surface area (Å²) in [5.41, 5.74) is 1.54. The molecule has 0 unspecified atom stereocenters. The maximum absolute atomic E-state index is 12.4. The molecule has 3 rings (SSSR count). The van der Waals surface area contributed by atoms with Gasteiger partial charge in [0.2, 0.25) is 0 Å². The molecule has 1 saturated heterocycles. The predicted molar refractivity (Wildman–Crippen MR) is 95.2 cm³/mol. The van der Waals surface area contributed by atoms with Gasteiger partial charge in [-0.2, -0.15) is 5.10 Å². The normalized spacial score (nSPS) is 15.1. The summed E-state index contributed by atoms with van der Waals surface area (Å²) < 4.78 is 12.5. The Bertz CT molecular complexity index is 723. The van der Waals surface area contributed by atoms with Crippen LogP contribution < -0.4 is 10.1 Å². The van der Waals surface area contributed by atoms with Crippen LogP contribution in [0.2, 0.25) is 0 Å². The van der Waals surface area contributed by atoms with Crippen LogP contribution >= 0.6 is 0 Å². The Morgan fingerprint density at radius 1 is 1.28 bits per heavy atom. The van der Waals surface area contributed by atoms with Gasteiger partial charge in [0.05, 0.1) is 26.9 Å². The third-order valence-electron chi connectivity index (χ3n) is 4.30. The van der Waals surface area contributed by atoms with E-state index in [1.807, 2.05) is 29.9 Å². The number of anilines is 1. The van der Waals surface area contributed by atoms with Gasteiger partial charge in [-0.1, -0.05) is 6.07 Å². The zero-order chi connectivity index (χ0) is 17.6. The number of nitrogens with one attached hydrogen (secondary N) is 1. The van der Waals surface area contributed by atoms with Crippen molar-refractivity contribution in [1.82, 2.24) is 14.7 Å². The number of carbonyl (C=O) groups is 1. The van der Waals surface area contributed by atoms with Gasteiger partial charge in [-0.3, -0.25) is 14.4 Å². The third kappa shape index (κ3) is 4.58. The predicted octanol–water partition coefficient (Wildman–Crippen LogP) is 1.78. The minimum absolute atomic E-state index is 0.197. The number of rotatable bonds is 6. The van der Waals surface area contributed by atoms with Gasteiger partial charge in [0.25, 0.3) is 5.91 Å². The molecular weight excluding hydrogens is 320 g/mol. The molecule has 2 heterocycles. The quantitative estimate of drug-likeness (QED) is 0.865. The van der Waals surface area contributed by atoms with E-state index in [1.165, 1.54) is 0 Å². The average Bonchev–Trinajstić information content (AvgIpc) is 3.08. The number of benzene rings is 1. The third-order valence-corrected chi connectivity index (χ3v) is 4.30. The molecular formula is C18H24N4O3. The van der Waals surface area contributed by atoms with E-state index < -0.39 is 0 Å². The molecule has 1 N–H and O–H groups in total. The van der Waals surface area contributed by atoms with E-state index in [-0.39, 0.29) is 5.91 Å². The van der Waals surface area contributed by atoms with Gasteiger partial charge < -0.3 is 14.8 Å². The minimum atomic E-state index is -0.197. The van der Waals surface area contributed by atoms with Crippen molar-refractivity contribution in [2.75, 3.05) is 45.3 Å². The number of methoxy groups -OCH3 is 1. The SMILES string of the molecule is COc1cc(C(=O)Nc2ccn(CCN3CCOCC3)n2)ccc1C. The lowest BCUT2D eigenvalue weighted by Crippen LogP contribution is -2.38. The van der Waals surface area contributed by atoms with Crippen LogP contribution in [0.4, 0.5) is 5.82 Å². The van der Waals surface area contributed by atoms with Crippen molar-refractivity contribution in [1.29, 1.82) is 0 Å². The average molecular weight is 344 g/mol. The fraction of sp³-hybridized carbons (Fsp3) is 0.444. The van der Waals surface area contributed by atoms with Gasteiger partial charge >= 0.3 is 0 Å². The number of ether oxygens (including phenoxy) is 2. The highest BCUT2D eigenvalue weighted by Crippen LogP contribution is 2.19. The number of aromatic nitrogens is 2. The number of hydrogen-bond donors (Lipinski definition) is 1. The molecule has 0 radical (unpaired) electrons. The van der Waals surface area contributed by atoms with Crippen molar-refractivity contribution in [3.05, 3.63) is 41.6 Å². The fourth-order valence-electron chi connectivity index (χ4n) is 2.77. The first-order valence-electron chi connectivity index (χ1n) is 8.45. The smallest absolute Gasteiger partial charge is 0.256 e. The van der Waals surface area contributed by atoms with E-state index in [0.29, 0.717) is 17.1 Å². The molecule has 1 aliphatic heterocycles. The van der Waals surface area contributed by atoms with E-state index in [1.54, 1.807) is 19.2 Å². The molecule has 7 nitrogen and oxygen atoms in total. The van der Waals surface area contributed by atoms with Crippen molar-refractivity contribution in [2.45, 2.75) is 13.5 Å². The van der Waals surface area contributed by atoms with Crippen LogP contribution in [0.25, 0.3) is 0 Å². The summed E-state index contributed by atoms with van der Waals surface area (Å²) in [5, 5.41) is 7.24. The Labute approximate surface area is 147 Å². The second-order valence-corrected chi connectivity index (χ2v) is 6.06. The lowest BCUT2D eigenvalue weighted by Gasteiger charge is -2.26.